The summed E-state index contributed by atoms with van der Waals surface area (Å²) in [5, 5.41) is 0. The number of benzene rings is 12. The molecule has 2 fully saturated rings. The van der Waals surface area contributed by atoms with Crippen LogP contribution in [0.15, 0.2) is 364 Å². The van der Waals surface area contributed by atoms with E-state index in [2.05, 4.69) is 0 Å². The monoisotopic (exact) mass is 1710 g/mol. The molecule has 0 atom stereocenters. The molecule has 2 aliphatic rings. The summed E-state index contributed by atoms with van der Waals surface area (Å²) in [7, 11) is -15.3. The molecule has 0 spiro atoms. The molecular formula is C82H76Co3O18P6. The Labute approximate surface area is 673 Å². The summed E-state index contributed by atoms with van der Waals surface area (Å²) < 4.78 is 131. The Morgan fingerprint density at radius 1 is 0.119 bits per heavy atom. The normalized spacial score (nSPS) is 11.1. The first-order valence-corrected chi connectivity index (χ1v) is 39.7. The predicted molar refractivity (Wildman–Crippen MR) is 422 cm³/mol. The van der Waals surface area contributed by atoms with Crippen molar-refractivity contribution in [2.24, 2.45) is 0 Å². The Morgan fingerprint density at radius 3 is 0.248 bits per heavy atom. The molecule has 109 heavy (non-hydrogen) atoms. The van der Waals surface area contributed by atoms with Gasteiger partial charge in [-0.05, 0) is 210 Å². The zero-order valence-electron chi connectivity index (χ0n) is 57.8. The van der Waals surface area contributed by atoms with Crippen LogP contribution in [0.25, 0.3) is 0 Å². The van der Waals surface area contributed by atoms with Crippen molar-refractivity contribution in [1.29, 1.82) is 0 Å². The number of para-hydroxylation sites is 12. The summed E-state index contributed by atoms with van der Waals surface area (Å²) >= 11 is 0. The first kappa shape index (κ1) is 92.5. The van der Waals surface area contributed by atoms with Crippen molar-refractivity contribution in [3.8, 4) is 69.0 Å². The summed E-state index contributed by atoms with van der Waals surface area (Å²) in [6.07, 6.45) is 20.0. The largest absolute Gasteiger partial charge is 0.418 e. The van der Waals surface area contributed by atoms with Gasteiger partial charge in [0.2, 0.25) is 0 Å². The van der Waals surface area contributed by atoms with E-state index in [4.69, 9.17) is 54.3 Å². The van der Waals surface area contributed by atoms with Gasteiger partial charge in [-0.2, -0.15) is 0 Å². The summed E-state index contributed by atoms with van der Waals surface area (Å²) in [6.45, 7) is 0. The molecule has 0 aliphatic heterocycles. The van der Waals surface area contributed by atoms with E-state index in [9.17, 15) is 27.4 Å². The van der Waals surface area contributed by atoms with Crippen molar-refractivity contribution in [2.75, 3.05) is 0 Å². The fraction of sp³-hybridized carbons (Fsp3) is 0. The van der Waals surface area contributed by atoms with Crippen molar-refractivity contribution in [3.63, 3.8) is 0 Å². The molecule has 0 heterocycles. The first-order chi connectivity index (χ1) is 52.1. The average molecular weight is 1710 g/mol. The van der Waals surface area contributed by atoms with Gasteiger partial charge in [-0.15, -0.1) is 0 Å². The molecule has 0 aromatic heterocycles. The molecule has 12 aromatic rings. The third kappa shape index (κ3) is 44.4. The van der Waals surface area contributed by atoms with Crippen molar-refractivity contribution >= 4 is 49.5 Å². The molecule has 18 nitrogen and oxygen atoms in total. The van der Waals surface area contributed by atoms with E-state index in [0.717, 1.165) is 0 Å². The van der Waals surface area contributed by atoms with Crippen molar-refractivity contribution in [1.82, 2.24) is 0 Å². The van der Waals surface area contributed by atoms with Crippen LogP contribution < -0.4 is 54.3 Å². The average Bonchev–Trinajstić information content (AvgIpc) is 1.55. The van der Waals surface area contributed by atoms with Gasteiger partial charge >= 0.3 is 49.5 Å². The summed E-state index contributed by atoms with van der Waals surface area (Å²) in [5.74, 6) is 6.53. The van der Waals surface area contributed by atoms with Gasteiger partial charge in [-0.25, -0.2) is 27.4 Å². The van der Waals surface area contributed by atoms with Crippen LogP contribution in [0.1, 0.15) is 0 Å². The Kier molecular flexibility index (Phi) is 50.1. The quantitative estimate of drug-likeness (QED) is 0.0514. The number of hydrogen-bond donors (Lipinski definition) is 0. The van der Waals surface area contributed by atoms with E-state index in [-0.39, 0.29) is 50.3 Å². The third-order valence-corrected chi connectivity index (χ3v) is 17.3. The van der Waals surface area contributed by atoms with E-state index in [0.29, 0.717) is 69.0 Å². The molecule has 0 amide bonds. The summed E-state index contributed by atoms with van der Waals surface area (Å²) in [4.78, 5) is 0. The number of hydrogen-bond acceptors (Lipinski definition) is 18. The van der Waals surface area contributed by atoms with E-state index >= 15 is 0 Å². The van der Waals surface area contributed by atoms with Crippen LogP contribution in [0, 0.1) is 64.2 Å². The molecule has 2 aliphatic carbocycles. The van der Waals surface area contributed by atoms with Gasteiger partial charge < -0.3 is 54.3 Å². The van der Waals surface area contributed by atoms with E-state index in [1.807, 2.05) is 283 Å². The Bertz CT molecular complexity index is 3360. The van der Waals surface area contributed by atoms with Gasteiger partial charge in [0.25, 0.3) is 0 Å². The minimum absolute atomic E-state index is 0. The van der Waals surface area contributed by atoms with Gasteiger partial charge in [-0.3, -0.25) is 0 Å². The van der Waals surface area contributed by atoms with E-state index in [1.165, 1.54) is 0 Å². The second-order valence-electron chi connectivity index (χ2n) is 20.4. The van der Waals surface area contributed by atoms with Crippen LogP contribution >= 0.6 is 49.5 Å². The van der Waals surface area contributed by atoms with Crippen LogP contribution in [-0.4, -0.2) is 0 Å². The predicted octanol–water partition coefficient (Wildman–Crippen LogP) is 23.2. The molecule has 0 N–H and O–H groups in total. The second kappa shape index (κ2) is 59.1. The molecule has 0 saturated heterocycles. The molecular weight excluding hydrogens is 1640 g/mol. The minimum atomic E-state index is -2.54. The summed E-state index contributed by atoms with van der Waals surface area (Å²) in [6, 6.07) is 107. The van der Waals surface area contributed by atoms with Gasteiger partial charge in [0.1, 0.15) is 69.0 Å². The molecule has 0 bridgehead atoms. The topological polar surface area (TPSA) is 213 Å². The molecule has 27 heteroatoms. The van der Waals surface area contributed by atoms with Crippen LogP contribution in [-0.2, 0) is 77.7 Å². The minimum Gasteiger partial charge on any atom is -0.418 e. The Hall–Kier alpha value is -8.86. The summed E-state index contributed by atoms with van der Waals surface area (Å²) in [5.41, 5.74) is 0. The Morgan fingerprint density at radius 2 is 0.183 bits per heavy atom. The zero-order chi connectivity index (χ0) is 74.4. The molecule has 0 unspecified atom stereocenters. The molecule has 14 rings (SSSR count). The maximum Gasteiger partial charge on any atom is 0.418 e. The SMILES string of the molecule is O=[PH](Oc1ccccc1)Oc1ccccc1.O=[PH](Oc1ccccc1)Oc1ccccc1.O=[PH](Oc1ccccc1)Oc1ccccc1.O=[PH](Oc1ccccc1)Oc1ccccc1.O=[PH](Oc1ccccc1)Oc1ccccc1.O=[PH](Oc1ccccc1)Oc1ccccc1.[CH]1[CH][CH][CH][CH]1.[CH]1[CH][CH][CH][CH]1.[Co].[Co].[Co]. The van der Waals surface area contributed by atoms with Crippen molar-refractivity contribution in [3.05, 3.63) is 428 Å². The fourth-order valence-electron chi connectivity index (χ4n) is 7.78. The van der Waals surface area contributed by atoms with E-state index in [1.54, 1.807) is 146 Å². The van der Waals surface area contributed by atoms with Gasteiger partial charge in [-0.1, -0.05) is 218 Å². The van der Waals surface area contributed by atoms with Gasteiger partial charge in [0, 0.05) is 50.3 Å². The third-order valence-electron chi connectivity index (χ3n) is 12.4. The first-order valence-electron chi connectivity index (χ1n) is 32.4. The van der Waals surface area contributed by atoms with Crippen LogP contribution in [0.5, 0.6) is 69.0 Å². The van der Waals surface area contributed by atoms with Crippen LogP contribution in [0.3, 0.4) is 0 Å². The maximum absolute atomic E-state index is 11.5. The van der Waals surface area contributed by atoms with Crippen LogP contribution in [0.4, 0.5) is 0 Å². The molecule has 569 valence electrons. The number of rotatable bonds is 24. The van der Waals surface area contributed by atoms with Crippen molar-refractivity contribution in [2.45, 2.75) is 0 Å². The maximum atomic E-state index is 11.5. The molecule has 2 saturated carbocycles. The van der Waals surface area contributed by atoms with Gasteiger partial charge in [0.05, 0.1) is 0 Å². The van der Waals surface area contributed by atoms with Crippen LogP contribution in [0.2, 0.25) is 0 Å². The standard InChI is InChI=1S/6C12H11O3P.2C5H5.3Co/c6*13-16(14-11-7-3-1-4-8-11)15-12-9-5-2-6-10-12;2*1-2-4-5-3-1;;;/h6*1-10,16H;2*1-5H;;;. The zero-order valence-corrected chi connectivity index (χ0v) is 66.9. The second-order valence-corrected chi connectivity index (χ2v) is 25.9. The molecule has 12 aromatic carbocycles. The van der Waals surface area contributed by atoms with Gasteiger partial charge in [0.15, 0.2) is 0 Å². The fourth-order valence-corrected chi connectivity index (χ4v) is 12.0. The smallest absolute Gasteiger partial charge is 0.418 e. The molecule has 13 radical (unpaired) electrons. The van der Waals surface area contributed by atoms with E-state index < -0.39 is 49.5 Å². The van der Waals surface area contributed by atoms with Crippen molar-refractivity contribution < 1.29 is 132 Å². The Balaban J connectivity index is 0.000000267.